The van der Waals surface area contributed by atoms with E-state index in [1.54, 1.807) is 11.3 Å². The molecule has 0 bridgehead atoms. The number of thiophene rings is 1. The van der Waals surface area contributed by atoms with Crippen LogP contribution in [0.1, 0.15) is 16.7 Å². The van der Waals surface area contributed by atoms with Crippen LogP contribution in [-0.4, -0.2) is 4.90 Å². The molecule has 0 spiro atoms. The Morgan fingerprint density at radius 1 is 0.731 bits per heavy atom. The van der Waals surface area contributed by atoms with Crippen LogP contribution >= 0.6 is 22.9 Å². The largest absolute Gasteiger partial charge is 0.291 e. The molecular weight excluding hydrogens is 358 g/mol. The maximum atomic E-state index is 6.23. The molecule has 0 atom stereocenters. The minimum absolute atomic E-state index is 0.801. The molecule has 0 aliphatic heterocycles. The number of hydrogen-bond acceptors (Lipinski definition) is 2. The lowest BCUT2D eigenvalue weighted by Crippen LogP contribution is -2.22. The third kappa shape index (κ3) is 4.16. The van der Waals surface area contributed by atoms with Crippen molar-refractivity contribution < 1.29 is 0 Å². The number of nitrogens with zero attached hydrogens (tertiary/aromatic N) is 1. The summed E-state index contributed by atoms with van der Waals surface area (Å²) in [5, 5.41) is 4.34. The fraction of sp³-hybridized carbons (Fsp3) is 0.130. The third-order valence-electron chi connectivity index (χ3n) is 4.51. The van der Waals surface area contributed by atoms with E-state index in [1.165, 1.54) is 26.8 Å². The highest BCUT2D eigenvalue weighted by Gasteiger charge is 2.12. The summed E-state index contributed by atoms with van der Waals surface area (Å²) in [5.41, 5.74) is 4.02. The van der Waals surface area contributed by atoms with E-state index in [1.807, 2.05) is 6.07 Å². The Labute approximate surface area is 163 Å². The van der Waals surface area contributed by atoms with Crippen LogP contribution in [-0.2, 0) is 19.6 Å². The van der Waals surface area contributed by atoms with Crippen LogP contribution in [0, 0.1) is 0 Å². The Bertz CT molecular complexity index is 937. The minimum Gasteiger partial charge on any atom is -0.291 e. The van der Waals surface area contributed by atoms with Gasteiger partial charge >= 0.3 is 0 Å². The smallest absolute Gasteiger partial charge is 0.0413 e. The van der Waals surface area contributed by atoms with Crippen molar-refractivity contribution in [3.8, 4) is 0 Å². The van der Waals surface area contributed by atoms with E-state index in [0.29, 0.717) is 0 Å². The van der Waals surface area contributed by atoms with Crippen molar-refractivity contribution in [1.82, 2.24) is 4.90 Å². The number of rotatable bonds is 6. The highest BCUT2D eigenvalue weighted by molar-refractivity contribution is 7.17. The Hall–Kier alpha value is -2.13. The molecule has 0 saturated heterocycles. The number of hydrogen-bond donors (Lipinski definition) is 0. The van der Waals surface area contributed by atoms with Crippen LogP contribution in [0.3, 0.4) is 0 Å². The molecule has 0 aliphatic rings. The lowest BCUT2D eigenvalue weighted by Gasteiger charge is -2.22. The maximum absolute atomic E-state index is 6.23. The van der Waals surface area contributed by atoms with Gasteiger partial charge in [-0.05, 0) is 45.7 Å². The van der Waals surface area contributed by atoms with Crippen molar-refractivity contribution in [1.29, 1.82) is 0 Å². The highest BCUT2D eigenvalue weighted by Crippen LogP contribution is 2.30. The standard InChI is InChI=1S/C23H20ClNS/c24-21-11-12-23-22(13-21)20(17-26-23)16-25(14-18-7-3-1-4-8-18)15-19-9-5-2-6-10-19/h1-13,17H,14-16H2. The van der Waals surface area contributed by atoms with Gasteiger partial charge in [-0.2, -0.15) is 0 Å². The molecule has 0 aliphatic carbocycles. The van der Waals surface area contributed by atoms with Gasteiger partial charge in [0, 0.05) is 29.4 Å². The van der Waals surface area contributed by atoms with Crippen LogP contribution in [0.25, 0.3) is 10.1 Å². The van der Waals surface area contributed by atoms with E-state index in [2.05, 4.69) is 83.1 Å². The lowest BCUT2D eigenvalue weighted by molar-refractivity contribution is 0.249. The zero-order valence-corrected chi connectivity index (χ0v) is 16.0. The van der Waals surface area contributed by atoms with Gasteiger partial charge in [-0.25, -0.2) is 0 Å². The van der Waals surface area contributed by atoms with Gasteiger partial charge in [0.2, 0.25) is 0 Å². The van der Waals surface area contributed by atoms with E-state index < -0.39 is 0 Å². The number of halogens is 1. The topological polar surface area (TPSA) is 3.24 Å². The van der Waals surface area contributed by atoms with Crippen molar-refractivity contribution in [3.05, 3.63) is 106 Å². The average Bonchev–Trinajstić information content (AvgIpc) is 3.05. The molecule has 4 aromatic rings. The van der Waals surface area contributed by atoms with Gasteiger partial charge in [0.25, 0.3) is 0 Å². The van der Waals surface area contributed by atoms with Gasteiger partial charge in [-0.1, -0.05) is 72.3 Å². The molecule has 0 amide bonds. The predicted molar refractivity (Wildman–Crippen MR) is 113 cm³/mol. The first-order valence-electron chi connectivity index (χ1n) is 8.74. The predicted octanol–water partition coefficient (Wildman–Crippen LogP) is 6.76. The molecule has 0 unspecified atom stereocenters. The third-order valence-corrected chi connectivity index (χ3v) is 5.76. The van der Waals surface area contributed by atoms with Crippen molar-refractivity contribution >= 4 is 33.0 Å². The van der Waals surface area contributed by atoms with Gasteiger partial charge in [0.15, 0.2) is 0 Å². The number of fused-ring (bicyclic) bond motifs is 1. The summed E-state index contributed by atoms with van der Waals surface area (Å²) in [4.78, 5) is 2.49. The Morgan fingerprint density at radius 3 is 1.96 bits per heavy atom. The first-order valence-corrected chi connectivity index (χ1v) is 9.99. The SMILES string of the molecule is Clc1ccc2scc(CN(Cc3ccccc3)Cc3ccccc3)c2c1. The van der Waals surface area contributed by atoms with E-state index in [-0.39, 0.29) is 0 Å². The highest BCUT2D eigenvalue weighted by atomic mass is 35.5. The zero-order valence-electron chi connectivity index (χ0n) is 14.4. The van der Waals surface area contributed by atoms with Gasteiger partial charge in [0.05, 0.1) is 0 Å². The maximum Gasteiger partial charge on any atom is 0.0413 e. The second-order valence-electron chi connectivity index (χ2n) is 6.52. The normalized spacial score (nSPS) is 11.3. The molecule has 0 N–H and O–H groups in total. The van der Waals surface area contributed by atoms with Gasteiger partial charge in [0.1, 0.15) is 0 Å². The molecule has 4 rings (SSSR count). The zero-order chi connectivity index (χ0) is 17.8. The fourth-order valence-corrected chi connectivity index (χ4v) is 4.37. The lowest BCUT2D eigenvalue weighted by atomic mass is 10.1. The molecule has 26 heavy (non-hydrogen) atoms. The first-order chi connectivity index (χ1) is 12.8. The molecule has 1 nitrogen and oxygen atoms in total. The summed E-state index contributed by atoms with van der Waals surface area (Å²) < 4.78 is 1.30. The monoisotopic (exact) mass is 377 g/mol. The van der Waals surface area contributed by atoms with Gasteiger partial charge < -0.3 is 0 Å². The molecule has 0 fully saturated rings. The van der Waals surface area contributed by atoms with E-state index in [0.717, 1.165) is 24.7 Å². The molecular formula is C23H20ClNS. The summed E-state index contributed by atoms with van der Waals surface area (Å²) in [6.45, 7) is 2.76. The van der Waals surface area contributed by atoms with Crippen LogP contribution in [0.5, 0.6) is 0 Å². The first kappa shape index (κ1) is 17.3. The quantitative estimate of drug-likeness (QED) is 0.359. The second-order valence-corrected chi connectivity index (χ2v) is 7.87. The van der Waals surface area contributed by atoms with Crippen LogP contribution in [0.2, 0.25) is 5.02 Å². The van der Waals surface area contributed by atoms with E-state index in [4.69, 9.17) is 11.6 Å². The minimum atomic E-state index is 0.801. The van der Waals surface area contributed by atoms with Crippen LogP contribution in [0.4, 0.5) is 0 Å². The molecule has 0 radical (unpaired) electrons. The van der Waals surface area contributed by atoms with Crippen molar-refractivity contribution in [2.45, 2.75) is 19.6 Å². The van der Waals surface area contributed by atoms with Crippen molar-refractivity contribution in [2.24, 2.45) is 0 Å². The summed E-state index contributed by atoms with van der Waals surface area (Å²) in [5.74, 6) is 0. The van der Waals surface area contributed by atoms with Crippen molar-refractivity contribution in [3.63, 3.8) is 0 Å². The molecule has 0 saturated carbocycles. The van der Waals surface area contributed by atoms with Crippen LogP contribution in [0.15, 0.2) is 84.2 Å². The summed E-state index contributed by atoms with van der Waals surface area (Å²) in [6.07, 6.45) is 0. The molecule has 3 heteroatoms. The van der Waals surface area contributed by atoms with Crippen molar-refractivity contribution in [2.75, 3.05) is 0 Å². The van der Waals surface area contributed by atoms with Gasteiger partial charge in [-0.3, -0.25) is 4.90 Å². The summed E-state index contributed by atoms with van der Waals surface area (Å²) >= 11 is 8.03. The van der Waals surface area contributed by atoms with Crippen LogP contribution < -0.4 is 0 Å². The number of benzene rings is 3. The molecule has 3 aromatic carbocycles. The molecule has 1 heterocycles. The Kier molecular flexibility index (Phi) is 5.35. The van der Waals surface area contributed by atoms with Gasteiger partial charge in [-0.15, -0.1) is 11.3 Å². The Morgan fingerprint density at radius 2 is 1.35 bits per heavy atom. The Balaban J connectivity index is 1.62. The molecule has 130 valence electrons. The van der Waals surface area contributed by atoms with E-state index >= 15 is 0 Å². The summed E-state index contributed by atoms with van der Waals surface area (Å²) in [6, 6.07) is 27.5. The average molecular weight is 378 g/mol. The summed E-state index contributed by atoms with van der Waals surface area (Å²) in [7, 11) is 0. The fourth-order valence-electron chi connectivity index (χ4n) is 3.27. The second kappa shape index (κ2) is 8.05. The molecule has 1 aromatic heterocycles. The van der Waals surface area contributed by atoms with E-state index in [9.17, 15) is 0 Å².